The Morgan fingerprint density at radius 3 is 2.68 bits per heavy atom. The third kappa shape index (κ3) is 5.78. The molecule has 0 spiro atoms. The Kier molecular flexibility index (Phi) is 6.80. The number of likely N-dealkylation sites (tertiary alicyclic amines) is 1. The van der Waals surface area contributed by atoms with E-state index in [0.29, 0.717) is 25.7 Å². The molecule has 0 unspecified atom stereocenters. The average Bonchev–Trinajstić information content (AvgIpc) is 3.29. The first-order valence-corrected chi connectivity index (χ1v) is 9.64. The number of imide groups is 1. The van der Waals surface area contributed by atoms with Crippen molar-refractivity contribution in [2.24, 2.45) is 5.92 Å². The zero-order chi connectivity index (χ0) is 17.5. The molecule has 2 saturated heterocycles. The molecule has 7 nitrogen and oxygen atoms in total. The predicted molar refractivity (Wildman–Crippen MR) is 94.4 cm³/mol. The van der Waals surface area contributed by atoms with Crippen molar-refractivity contribution in [1.29, 1.82) is 0 Å². The minimum Gasteiger partial charge on any atom is -0.350 e. The van der Waals surface area contributed by atoms with Crippen LogP contribution in [-0.4, -0.2) is 62.5 Å². The fourth-order valence-corrected chi connectivity index (χ4v) is 3.91. The van der Waals surface area contributed by atoms with Crippen molar-refractivity contribution in [3.8, 4) is 0 Å². The lowest BCUT2D eigenvalue weighted by Crippen LogP contribution is -2.47. The molecule has 2 N–H and O–H groups in total. The van der Waals surface area contributed by atoms with E-state index in [1.165, 1.54) is 4.88 Å². The molecule has 138 valence electrons. The molecule has 0 bridgehead atoms. The fourth-order valence-electron chi connectivity index (χ4n) is 3.20. The lowest BCUT2D eigenvalue weighted by Gasteiger charge is -2.33. The summed E-state index contributed by atoms with van der Waals surface area (Å²) in [6.45, 7) is 3.76. The third-order valence-electron chi connectivity index (χ3n) is 4.52. The second-order valence-electron chi connectivity index (χ2n) is 6.36. The SMILES string of the molecule is O=C(CN1CCC(C2OCCO2)CC1)NC(=O)NCCc1cccs1. The molecule has 2 aliphatic heterocycles. The lowest BCUT2D eigenvalue weighted by atomic mass is 9.96. The van der Waals surface area contributed by atoms with Gasteiger partial charge in [-0.2, -0.15) is 0 Å². The summed E-state index contributed by atoms with van der Waals surface area (Å²) >= 11 is 1.66. The molecule has 0 aliphatic carbocycles. The van der Waals surface area contributed by atoms with Crippen molar-refractivity contribution in [3.05, 3.63) is 22.4 Å². The van der Waals surface area contributed by atoms with Crippen LogP contribution in [0.2, 0.25) is 0 Å². The number of urea groups is 1. The predicted octanol–water partition coefficient (Wildman–Crippen LogP) is 1.20. The van der Waals surface area contributed by atoms with Gasteiger partial charge in [-0.15, -0.1) is 11.3 Å². The van der Waals surface area contributed by atoms with Gasteiger partial charge < -0.3 is 14.8 Å². The van der Waals surface area contributed by atoms with Crippen LogP contribution in [0.5, 0.6) is 0 Å². The van der Waals surface area contributed by atoms with Gasteiger partial charge in [-0.25, -0.2) is 4.79 Å². The smallest absolute Gasteiger partial charge is 0.321 e. The van der Waals surface area contributed by atoms with Crippen LogP contribution in [0.3, 0.4) is 0 Å². The maximum Gasteiger partial charge on any atom is 0.321 e. The van der Waals surface area contributed by atoms with Crippen molar-refractivity contribution >= 4 is 23.3 Å². The molecular weight excluding hydrogens is 342 g/mol. The highest BCUT2D eigenvalue weighted by atomic mass is 32.1. The zero-order valence-corrected chi connectivity index (χ0v) is 15.1. The molecule has 1 aromatic heterocycles. The molecule has 2 fully saturated rings. The van der Waals surface area contributed by atoms with Gasteiger partial charge in [-0.1, -0.05) is 6.07 Å². The van der Waals surface area contributed by atoms with Crippen LogP contribution < -0.4 is 10.6 Å². The first kappa shape index (κ1) is 18.3. The second kappa shape index (κ2) is 9.28. The van der Waals surface area contributed by atoms with Crippen LogP contribution in [0.1, 0.15) is 17.7 Å². The summed E-state index contributed by atoms with van der Waals surface area (Å²) in [5.74, 6) is 0.141. The van der Waals surface area contributed by atoms with Crippen molar-refractivity contribution in [3.63, 3.8) is 0 Å². The van der Waals surface area contributed by atoms with Crippen molar-refractivity contribution in [2.75, 3.05) is 39.4 Å². The average molecular weight is 367 g/mol. The molecule has 0 atom stereocenters. The molecule has 25 heavy (non-hydrogen) atoms. The molecule has 3 heterocycles. The standard InChI is InChI=1S/C17H25N3O4S/c21-15(19-17(22)18-6-3-14-2-1-11-25-14)12-20-7-4-13(5-8-20)16-23-9-10-24-16/h1-2,11,13,16H,3-10,12H2,(H2,18,19,21,22). The molecule has 0 radical (unpaired) electrons. The number of piperidine rings is 1. The molecule has 8 heteroatoms. The largest absolute Gasteiger partial charge is 0.350 e. The number of ether oxygens (including phenoxy) is 2. The van der Waals surface area contributed by atoms with Gasteiger partial charge in [-0.3, -0.25) is 15.0 Å². The Hall–Kier alpha value is -1.48. The van der Waals surface area contributed by atoms with Crippen molar-refractivity contribution in [2.45, 2.75) is 25.6 Å². The molecule has 1 aromatic rings. The van der Waals surface area contributed by atoms with Crippen LogP contribution >= 0.6 is 11.3 Å². The number of carbonyl (C=O) groups excluding carboxylic acids is 2. The van der Waals surface area contributed by atoms with Crippen LogP contribution in [-0.2, 0) is 20.7 Å². The van der Waals surface area contributed by atoms with E-state index in [9.17, 15) is 9.59 Å². The molecule has 3 rings (SSSR count). The monoisotopic (exact) mass is 367 g/mol. The number of carbonyl (C=O) groups is 2. The Bertz CT molecular complexity index is 552. The molecule has 0 saturated carbocycles. The number of hydrogen-bond donors (Lipinski definition) is 2. The van der Waals surface area contributed by atoms with Gasteiger partial charge in [0.1, 0.15) is 0 Å². The van der Waals surface area contributed by atoms with E-state index >= 15 is 0 Å². The van der Waals surface area contributed by atoms with Gasteiger partial charge in [0.05, 0.1) is 19.8 Å². The maximum atomic E-state index is 12.0. The van der Waals surface area contributed by atoms with Gasteiger partial charge in [0.2, 0.25) is 5.91 Å². The van der Waals surface area contributed by atoms with Crippen LogP contribution in [0.15, 0.2) is 17.5 Å². The van der Waals surface area contributed by atoms with E-state index in [-0.39, 0.29) is 18.7 Å². The highest BCUT2D eigenvalue weighted by Gasteiger charge is 2.30. The minimum absolute atomic E-state index is 0.0786. The summed E-state index contributed by atoms with van der Waals surface area (Å²) in [6.07, 6.45) is 2.60. The van der Waals surface area contributed by atoms with E-state index in [1.54, 1.807) is 11.3 Å². The number of thiophene rings is 1. The summed E-state index contributed by atoms with van der Waals surface area (Å²) in [5, 5.41) is 7.12. The topological polar surface area (TPSA) is 79.9 Å². The summed E-state index contributed by atoms with van der Waals surface area (Å²) in [6, 6.07) is 3.59. The fraction of sp³-hybridized carbons (Fsp3) is 0.647. The van der Waals surface area contributed by atoms with Crippen molar-refractivity contribution < 1.29 is 19.1 Å². The number of hydrogen-bond acceptors (Lipinski definition) is 6. The van der Waals surface area contributed by atoms with Crippen molar-refractivity contribution in [1.82, 2.24) is 15.5 Å². The zero-order valence-electron chi connectivity index (χ0n) is 14.2. The van der Waals surface area contributed by atoms with Crippen LogP contribution in [0.4, 0.5) is 4.79 Å². The molecule has 3 amide bonds. The summed E-state index contributed by atoms with van der Waals surface area (Å²) in [5.41, 5.74) is 0. The molecule has 2 aliphatic rings. The first-order chi connectivity index (χ1) is 12.2. The highest BCUT2D eigenvalue weighted by Crippen LogP contribution is 2.25. The minimum atomic E-state index is -0.427. The van der Waals surface area contributed by atoms with Crippen LogP contribution in [0, 0.1) is 5.92 Å². The Balaban J connectivity index is 1.29. The summed E-state index contributed by atoms with van der Waals surface area (Å²) in [7, 11) is 0. The number of nitrogens with one attached hydrogen (secondary N) is 2. The third-order valence-corrected chi connectivity index (χ3v) is 5.46. The number of rotatable bonds is 6. The van der Waals surface area contributed by atoms with E-state index in [1.807, 2.05) is 17.5 Å². The Morgan fingerprint density at radius 1 is 1.24 bits per heavy atom. The summed E-state index contributed by atoms with van der Waals surface area (Å²) < 4.78 is 11.1. The van der Waals surface area contributed by atoms with Gasteiger partial charge in [0, 0.05) is 17.3 Å². The number of amides is 3. The Morgan fingerprint density at radius 2 is 2.00 bits per heavy atom. The van der Waals surface area contributed by atoms with Gasteiger partial charge in [0.25, 0.3) is 0 Å². The Labute approximate surface area is 151 Å². The number of nitrogens with zero attached hydrogens (tertiary/aromatic N) is 1. The quantitative estimate of drug-likeness (QED) is 0.790. The lowest BCUT2D eigenvalue weighted by molar-refractivity contribution is -0.122. The maximum absolute atomic E-state index is 12.0. The van der Waals surface area contributed by atoms with E-state index in [4.69, 9.17) is 9.47 Å². The molecule has 0 aromatic carbocycles. The normalized spacial score (nSPS) is 19.8. The van der Waals surface area contributed by atoms with E-state index < -0.39 is 6.03 Å². The second-order valence-corrected chi connectivity index (χ2v) is 7.39. The van der Waals surface area contributed by atoms with Gasteiger partial charge in [0.15, 0.2) is 6.29 Å². The van der Waals surface area contributed by atoms with E-state index in [0.717, 1.165) is 32.4 Å². The van der Waals surface area contributed by atoms with E-state index in [2.05, 4.69) is 15.5 Å². The van der Waals surface area contributed by atoms with Crippen LogP contribution in [0.25, 0.3) is 0 Å². The molecular formula is C17H25N3O4S. The summed E-state index contributed by atoms with van der Waals surface area (Å²) in [4.78, 5) is 27.0. The van der Waals surface area contributed by atoms with Gasteiger partial charge >= 0.3 is 6.03 Å². The first-order valence-electron chi connectivity index (χ1n) is 8.76. The highest BCUT2D eigenvalue weighted by molar-refractivity contribution is 7.09. The van der Waals surface area contributed by atoms with Gasteiger partial charge in [-0.05, 0) is 43.8 Å².